The Labute approximate surface area is 219 Å². The van der Waals surface area contributed by atoms with Crippen LogP contribution in [0.2, 0.25) is 0 Å². The monoisotopic (exact) mass is 515 g/mol. The Morgan fingerprint density at radius 1 is 1.11 bits per heavy atom. The van der Waals surface area contributed by atoms with Crippen molar-refractivity contribution >= 4 is 34.2 Å². The van der Waals surface area contributed by atoms with Crippen molar-refractivity contribution in [3.63, 3.8) is 0 Å². The number of Topliss-reactive ketones (excluding diaryl/α,β-unsaturated/α-hetero) is 1. The first kappa shape index (κ1) is 26.5. The van der Waals surface area contributed by atoms with E-state index in [2.05, 4.69) is 32.0 Å². The summed E-state index contributed by atoms with van der Waals surface area (Å²) in [4.78, 5) is 30.3. The Balaban J connectivity index is 1.51. The van der Waals surface area contributed by atoms with Gasteiger partial charge in [0.05, 0.1) is 36.1 Å². The molecule has 0 aliphatic heterocycles. The summed E-state index contributed by atoms with van der Waals surface area (Å²) in [5.74, 6) is 0.301. The van der Waals surface area contributed by atoms with Gasteiger partial charge in [-0.05, 0) is 66.1 Å². The van der Waals surface area contributed by atoms with Gasteiger partial charge in [0, 0.05) is 17.8 Å². The van der Waals surface area contributed by atoms with Crippen LogP contribution in [0.25, 0.3) is 22.6 Å². The van der Waals surface area contributed by atoms with Crippen molar-refractivity contribution in [3.05, 3.63) is 54.1 Å². The number of ketones is 1. The molecule has 0 radical (unpaired) electrons. The molecule has 0 aliphatic rings. The van der Waals surface area contributed by atoms with Crippen molar-refractivity contribution in [2.75, 3.05) is 23.7 Å². The van der Waals surface area contributed by atoms with Gasteiger partial charge in [0.15, 0.2) is 17.3 Å². The van der Waals surface area contributed by atoms with Crippen LogP contribution in [0.15, 0.2) is 53.2 Å². The summed E-state index contributed by atoms with van der Waals surface area (Å²) >= 11 is 0. The number of nitrogens with zero attached hydrogens (tertiary/aromatic N) is 5. The van der Waals surface area contributed by atoms with Crippen LogP contribution >= 0.6 is 0 Å². The maximum Gasteiger partial charge on any atom is 0.241 e. The zero-order valence-corrected chi connectivity index (χ0v) is 20.8. The number of nitrogens with one attached hydrogen (secondary N) is 2. The van der Waals surface area contributed by atoms with E-state index in [1.54, 1.807) is 28.8 Å². The lowest BCUT2D eigenvalue weighted by Gasteiger charge is -2.12. The lowest BCUT2D eigenvalue weighted by Crippen LogP contribution is -2.35. The summed E-state index contributed by atoms with van der Waals surface area (Å²) in [5, 5.41) is 22.5. The topological polar surface area (TPSA) is 191 Å². The maximum atomic E-state index is 13.3. The highest BCUT2D eigenvalue weighted by Crippen LogP contribution is 2.28. The van der Waals surface area contributed by atoms with Gasteiger partial charge in [0.2, 0.25) is 11.7 Å². The minimum Gasteiger partial charge on any atom is -0.364 e. The third kappa shape index (κ3) is 6.20. The third-order valence-electron chi connectivity index (χ3n) is 5.97. The highest BCUT2D eigenvalue weighted by Gasteiger charge is 2.22. The Bertz CT molecular complexity index is 1440. The molecule has 0 aliphatic carbocycles. The van der Waals surface area contributed by atoms with E-state index in [0.29, 0.717) is 53.6 Å². The van der Waals surface area contributed by atoms with Gasteiger partial charge in [-0.3, -0.25) is 9.59 Å². The standard InChI is InChI=1S/C26H29N9O3/c27-13-4-3-6-19(29)26(37)31-18-11-9-17(10-12-18)22(36)16-35-21-8-2-1-7-20(21)32-25(35)23-24(34-38-33-23)30-15-5-14-28/h1-2,7-12,19H,3-6,13,15-16,27,29H2,(H,30,34)(H,31,37). The quantitative estimate of drug-likeness (QED) is 0.152. The first-order valence-corrected chi connectivity index (χ1v) is 12.3. The second-order valence-electron chi connectivity index (χ2n) is 8.69. The number of carbonyl (C=O) groups is 2. The van der Waals surface area contributed by atoms with E-state index < -0.39 is 6.04 Å². The second kappa shape index (κ2) is 12.6. The summed E-state index contributed by atoms with van der Waals surface area (Å²) in [7, 11) is 0. The fourth-order valence-corrected chi connectivity index (χ4v) is 3.95. The summed E-state index contributed by atoms with van der Waals surface area (Å²) in [5.41, 5.74) is 14.2. The smallest absolute Gasteiger partial charge is 0.241 e. The lowest BCUT2D eigenvalue weighted by atomic mass is 10.1. The predicted molar refractivity (Wildman–Crippen MR) is 142 cm³/mol. The van der Waals surface area contributed by atoms with Gasteiger partial charge in [-0.1, -0.05) is 18.6 Å². The molecule has 6 N–H and O–H groups in total. The van der Waals surface area contributed by atoms with Crippen LogP contribution in [0.3, 0.4) is 0 Å². The number of nitriles is 1. The van der Waals surface area contributed by atoms with Crippen molar-refractivity contribution in [2.45, 2.75) is 38.3 Å². The van der Waals surface area contributed by atoms with Gasteiger partial charge in [-0.25, -0.2) is 9.61 Å². The number of nitrogens with two attached hydrogens (primary N) is 2. The minimum absolute atomic E-state index is 0.0158. The summed E-state index contributed by atoms with van der Waals surface area (Å²) in [6, 6.07) is 15.5. The number of para-hydroxylation sites is 2. The molecule has 0 bridgehead atoms. The van der Waals surface area contributed by atoms with Crippen molar-refractivity contribution in [1.82, 2.24) is 19.9 Å². The van der Waals surface area contributed by atoms with Gasteiger partial charge in [-0.15, -0.1) is 0 Å². The molecule has 4 aromatic rings. The molecular weight excluding hydrogens is 486 g/mol. The maximum absolute atomic E-state index is 13.3. The van der Waals surface area contributed by atoms with Crippen molar-refractivity contribution < 1.29 is 14.2 Å². The number of rotatable bonds is 13. The molecule has 1 atom stereocenters. The van der Waals surface area contributed by atoms with Crippen LogP contribution in [0.1, 0.15) is 36.0 Å². The lowest BCUT2D eigenvalue weighted by molar-refractivity contribution is -0.117. The van der Waals surface area contributed by atoms with Gasteiger partial charge in [-0.2, -0.15) is 5.26 Å². The number of carbonyl (C=O) groups excluding carboxylic acids is 2. The number of fused-ring (bicyclic) bond motifs is 1. The third-order valence-corrected chi connectivity index (χ3v) is 5.97. The number of anilines is 2. The predicted octanol–water partition coefficient (Wildman–Crippen LogP) is 2.69. The van der Waals surface area contributed by atoms with Gasteiger partial charge >= 0.3 is 0 Å². The van der Waals surface area contributed by atoms with Gasteiger partial charge < -0.3 is 26.7 Å². The van der Waals surface area contributed by atoms with Crippen molar-refractivity contribution in [1.29, 1.82) is 5.26 Å². The number of amides is 1. The molecule has 1 amide bonds. The molecule has 2 aromatic heterocycles. The molecule has 38 heavy (non-hydrogen) atoms. The molecule has 0 saturated carbocycles. The molecule has 12 heteroatoms. The zero-order valence-electron chi connectivity index (χ0n) is 20.8. The van der Waals surface area contributed by atoms with E-state index in [4.69, 9.17) is 21.4 Å². The molecular formula is C26H29N9O3. The van der Waals surface area contributed by atoms with Crippen LogP contribution < -0.4 is 22.1 Å². The first-order chi connectivity index (χ1) is 18.5. The van der Waals surface area contributed by atoms with Crippen LogP contribution in [-0.2, 0) is 11.3 Å². The highest BCUT2D eigenvalue weighted by atomic mass is 16.6. The molecule has 196 valence electrons. The Hall–Kier alpha value is -4.60. The number of aromatic nitrogens is 4. The van der Waals surface area contributed by atoms with E-state index in [9.17, 15) is 9.59 Å². The fraction of sp³-hybridized carbons (Fsp3) is 0.308. The molecule has 1 unspecified atom stereocenters. The number of unbranched alkanes of at least 4 members (excludes halogenated alkanes) is 1. The zero-order chi connectivity index (χ0) is 26.9. The van der Waals surface area contributed by atoms with E-state index >= 15 is 0 Å². The molecule has 0 spiro atoms. The minimum atomic E-state index is -0.624. The normalized spacial score (nSPS) is 11.7. The molecule has 0 fully saturated rings. The number of imidazole rings is 1. The van der Waals surface area contributed by atoms with Crippen LogP contribution in [0.5, 0.6) is 0 Å². The van der Waals surface area contributed by atoms with E-state index in [1.165, 1.54) is 0 Å². The van der Waals surface area contributed by atoms with Crippen molar-refractivity contribution in [2.24, 2.45) is 11.5 Å². The molecule has 4 rings (SSSR count). The van der Waals surface area contributed by atoms with Crippen LogP contribution in [0, 0.1) is 11.3 Å². The SMILES string of the molecule is N#CCCNc1nonc1-c1nc2ccccc2n1CC(=O)c1ccc(NC(=O)C(N)CCCCN)cc1. The van der Waals surface area contributed by atoms with Crippen LogP contribution in [-0.4, -0.2) is 50.7 Å². The van der Waals surface area contributed by atoms with E-state index in [-0.39, 0.29) is 24.7 Å². The first-order valence-electron chi connectivity index (χ1n) is 12.3. The summed E-state index contributed by atoms with van der Waals surface area (Å²) in [6.45, 7) is 0.909. The average molecular weight is 516 g/mol. The molecule has 2 aromatic carbocycles. The highest BCUT2D eigenvalue weighted by molar-refractivity contribution is 5.99. The summed E-state index contributed by atoms with van der Waals surface area (Å²) < 4.78 is 6.68. The number of hydrogen-bond acceptors (Lipinski definition) is 10. The van der Waals surface area contributed by atoms with E-state index in [1.807, 2.05) is 24.3 Å². The second-order valence-corrected chi connectivity index (χ2v) is 8.69. The van der Waals surface area contributed by atoms with Crippen molar-refractivity contribution in [3.8, 4) is 17.6 Å². The average Bonchev–Trinajstić information content (AvgIpc) is 3.53. The molecule has 12 nitrogen and oxygen atoms in total. The fourth-order valence-electron chi connectivity index (χ4n) is 3.95. The number of hydrogen-bond donors (Lipinski definition) is 4. The largest absolute Gasteiger partial charge is 0.364 e. The van der Waals surface area contributed by atoms with Crippen LogP contribution in [0.4, 0.5) is 11.5 Å². The Morgan fingerprint density at radius 3 is 2.66 bits per heavy atom. The Kier molecular flexibility index (Phi) is 8.76. The Morgan fingerprint density at radius 2 is 1.89 bits per heavy atom. The molecule has 0 saturated heterocycles. The number of benzene rings is 2. The van der Waals surface area contributed by atoms with Gasteiger partial charge in [0.25, 0.3) is 0 Å². The van der Waals surface area contributed by atoms with E-state index in [0.717, 1.165) is 18.4 Å². The molecule has 2 heterocycles. The van der Waals surface area contributed by atoms with Gasteiger partial charge in [0.1, 0.15) is 0 Å². The summed E-state index contributed by atoms with van der Waals surface area (Å²) in [6.07, 6.45) is 2.43.